The smallest absolute Gasteiger partial charge is 0.250 e. The minimum atomic E-state index is -2.57. The maximum absolute atomic E-state index is 7.72. The van der Waals surface area contributed by atoms with Crippen LogP contribution >= 0.6 is 0 Å². The summed E-state index contributed by atoms with van der Waals surface area (Å²) in [6, 6.07) is 0. The molecule has 2 aromatic rings. The molecule has 66 valence electrons. The van der Waals surface area contributed by atoms with Crippen molar-refractivity contribution in [3.63, 3.8) is 0 Å². The van der Waals surface area contributed by atoms with Gasteiger partial charge >= 0.3 is 0 Å². The number of aromatic nitrogens is 4. The van der Waals surface area contributed by atoms with Crippen molar-refractivity contribution >= 4 is 5.69 Å². The third-order valence-corrected chi connectivity index (χ3v) is 1.33. The van der Waals surface area contributed by atoms with Crippen LogP contribution in [0.1, 0.15) is 12.4 Å². The lowest BCUT2D eigenvalue weighted by molar-refractivity contribution is 0.808. The Labute approximate surface area is 82.3 Å². The molecule has 5 nitrogen and oxygen atoms in total. The minimum Gasteiger partial charge on any atom is -0.396 e. The SMILES string of the molecule is [2H]c1nn(-c2ncc(N)cn2)c([2H])c1C([2H])([2H])[2H]. The lowest BCUT2D eigenvalue weighted by atomic mass is 10.4. The summed E-state index contributed by atoms with van der Waals surface area (Å²) >= 11 is 0. The fourth-order valence-corrected chi connectivity index (χ4v) is 0.791. The van der Waals surface area contributed by atoms with E-state index in [1.807, 2.05) is 0 Å². The molecule has 13 heavy (non-hydrogen) atoms. The minimum absolute atomic E-state index is 0.00167. The van der Waals surface area contributed by atoms with E-state index >= 15 is 0 Å². The van der Waals surface area contributed by atoms with Crippen molar-refractivity contribution in [2.24, 2.45) is 0 Å². The van der Waals surface area contributed by atoms with Crippen LogP contribution in [0.25, 0.3) is 5.95 Å². The maximum Gasteiger partial charge on any atom is 0.250 e. The molecule has 0 saturated heterocycles. The molecule has 0 amide bonds. The highest BCUT2D eigenvalue weighted by atomic mass is 15.3. The molecule has 0 saturated carbocycles. The van der Waals surface area contributed by atoms with Crippen molar-refractivity contribution in [3.05, 3.63) is 30.3 Å². The van der Waals surface area contributed by atoms with Crippen molar-refractivity contribution in [2.75, 3.05) is 5.73 Å². The predicted octanol–water partition coefficient (Wildman–Crippen LogP) is 0.553. The lowest BCUT2D eigenvalue weighted by Crippen LogP contribution is -2.01. The van der Waals surface area contributed by atoms with E-state index in [9.17, 15) is 0 Å². The summed E-state index contributed by atoms with van der Waals surface area (Å²) in [5.41, 5.74) is 5.32. The van der Waals surface area contributed by atoms with Crippen LogP contribution in [0.2, 0.25) is 0 Å². The van der Waals surface area contributed by atoms with Gasteiger partial charge in [0.25, 0.3) is 5.95 Å². The molecule has 2 rings (SSSR count). The number of nitrogens with two attached hydrogens (primary N) is 1. The second kappa shape index (κ2) is 2.85. The van der Waals surface area contributed by atoms with Crippen molar-refractivity contribution < 1.29 is 6.85 Å². The predicted molar refractivity (Wildman–Crippen MR) is 48.3 cm³/mol. The van der Waals surface area contributed by atoms with E-state index < -0.39 is 24.8 Å². The number of nitrogen functional groups attached to an aromatic ring is 1. The van der Waals surface area contributed by atoms with Crippen LogP contribution in [-0.2, 0) is 0 Å². The number of hydrogen-bond donors (Lipinski definition) is 1. The third-order valence-electron chi connectivity index (χ3n) is 1.33. The molecular weight excluding hydrogens is 166 g/mol. The molecule has 0 spiro atoms. The van der Waals surface area contributed by atoms with Crippen LogP contribution in [0.5, 0.6) is 0 Å². The zero-order valence-electron chi connectivity index (χ0n) is 11.5. The molecule has 0 bridgehead atoms. The van der Waals surface area contributed by atoms with Gasteiger partial charge in [0, 0.05) is 10.3 Å². The van der Waals surface area contributed by atoms with Gasteiger partial charge in [0.05, 0.1) is 27.0 Å². The molecule has 0 aliphatic heterocycles. The highest BCUT2D eigenvalue weighted by molar-refractivity contribution is 5.32. The van der Waals surface area contributed by atoms with E-state index in [1.165, 1.54) is 12.4 Å². The van der Waals surface area contributed by atoms with Crippen molar-refractivity contribution in [3.8, 4) is 5.95 Å². The Morgan fingerprint density at radius 2 is 2.31 bits per heavy atom. The monoisotopic (exact) mass is 180 g/mol. The van der Waals surface area contributed by atoms with E-state index in [0.717, 1.165) is 4.68 Å². The number of anilines is 1. The summed E-state index contributed by atoms with van der Waals surface area (Å²) in [6.07, 6.45) is 1.70. The quantitative estimate of drug-likeness (QED) is 0.695. The molecule has 0 aliphatic rings. The topological polar surface area (TPSA) is 69.6 Å². The van der Waals surface area contributed by atoms with Crippen LogP contribution in [0.15, 0.2) is 24.7 Å². The molecule has 0 unspecified atom stereocenters. The largest absolute Gasteiger partial charge is 0.396 e. The van der Waals surface area contributed by atoms with E-state index in [0.29, 0.717) is 5.69 Å². The van der Waals surface area contributed by atoms with E-state index in [4.69, 9.17) is 12.6 Å². The molecule has 0 aromatic carbocycles. The zero-order valence-corrected chi connectivity index (χ0v) is 6.52. The molecular formula is C8H9N5. The standard InChI is InChI=1S/C8H9N5/c1-6-2-12-13(5-6)8-10-3-7(9)4-11-8/h2-5H,9H2,1H3/i1D3,2D,5D. The van der Waals surface area contributed by atoms with Gasteiger partial charge in [0.2, 0.25) is 0 Å². The van der Waals surface area contributed by atoms with Crippen molar-refractivity contribution in [2.45, 2.75) is 6.85 Å². The van der Waals surface area contributed by atoms with E-state index in [-0.39, 0.29) is 5.95 Å². The van der Waals surface area contributed by atoms with Crippen LogP contribution < -0.4 is 5.73 Å². The molecule has 0 aliphatic carbocycles. The molecule has 0 fully saturated rings. The van der Waals surface area contributed by atoms with Crippen molar-refractivity contribution in [1.82, 2.24) is 19.7 Å². The fraction of sp³-hybridized carbons (Fsp3) is 0.125. The number of rotatable bonds is 1. The molecule has 2 aromatic heterocycles. The van der Waals surface area contributed by atoms with Crippen LogP contribution in [0, 0.1) is 6.85 Å². The average molecular weight is 180 g/mol. The van der Waals surface area contributed by atoms with E-state index in [1.54, 1.807) is 0 Å². The summed E-state index contributed by atoms with van der Waals surface area (Å²) in [5, 5.41) is 3.65. The molecule has 0 radical (unpaired) electrons. The Hall–Kier alpha value is -1.91. The second-order valence-electron chi connectivity index (χ2n) is 2.33. The average Bonchev–Trinajstić information content (AvgIpc) is 2.54. The first-order valence-corrected chi connectivity index (χ1v) is 3.45. The normalized spacial score (nSPS) is 16.8. The third kappa shape index (κ3) is 1.48. The van der Waals surface area contributed by atoms with Gasteiger partial charge in [0.1, 0.15) is 0 Å². The maximum atomic E-state index is 7.72. The van der Waals surface area contributed by atoms with Crippen molar-refractivity contribution in [1.29, 1.82) is 0 Å². The van der Waals surface area contributed by atoms with Crippen LogP contribution in [0.4, 0.5) is 5.69 Å². The number of nitrogens with zero attached hydrogens (tertiary/aromatic N) is 4. The van der Waals surface area contributed by atoms with Gasteiger partial charge in [-0.2, -0.15) is 5.10 Å². The van der Waals surface area contributed by atoms with Gasteiger partial charge in [0.15, 0.2) is 0 Å². The van der Waals surface area contributed by atoms with Gasteiger partial charge in [-0.1, -0.05) is 0 Å². The van der Waals surface area contributed by atoms with Gasteiger partial charge in [-0.25, -0.2) is 14.6 Å². The van der Waals surface area contributed by atoms with Gasteiger partial charge in [-0.15, -0.1) is 0 Å². The van der Waals surface area contributed by atoms with Crippen LogP contribution in [0.3, 0.4) is 0 Å². The van der Waals surface area contributed by atoms with E-state index in [2.05, 4.69) is 15.1 Å². The Kier molecular flexibility index (Phi) is 0.849. The summed E-state index contributed by atoms with van der Waals surface area (Å²) in [4.78, 5) is 7.65. The first kappa shape index (κ1) is 3.87. The molecule has 2 N–H and O–H groups in total. The van der Waals surface area contributed by atoms with Gasteiger partial charge < -0.3 is 5.73 Å². The van der Waals surface area contributed by atoms with Gasteiger partial charge in [-0.3, -0.25) is 0 Å². The zero-order chi connectivity index (χ0) is 13.5. The molecule has 0 atom stereocenters. The summed E-state index contributed by atoms with van der Waals surface area (Å²) in [5.74, 6) is -0.00167. The number of hydrogen-bond acceptors (Lipinski definition) is 4. The first-order valence-electron chi connectivity index (χ1n) is 5.95. The Morgan fingerprint density at radius 1 is 1.54 bits per heavy atom. The first-order chi connectivity index (χ1) is 8.30. The highest BCUT2D eigenvalue weighted by Gasteiger charge is 1.99. The van der Waals surface area contributed by atoms with Crippen LogP contribution in [-0.4, -0.2) is 19.7 Å². The highest BCUT2D eigenvalue weighted by Crippen LogP contribution is 2.02. The Balaban J connectivity index is 2.57. The molecule has 5 heteroatoms. The summed E-state index contributed by atoms with van der Waals surface area (Å²) in [7, 11) is 0. The second-order valence-corrected chi connectivity index (χ2v) is 2.33. The fourth-order valence-electron chi connectivity index (χ4n) is 0.791. The lowest BCUT2D eigenvalue weighted by Gasteiger charge is -1.97. The Morgan fingerprint density at radius 3 is 2.92 bits per heavy atom. The molecule has 2 heterocycles. The Bertz CT molecular complexity index is 573. The summed E-state index contributed by atoms with van der Waals surface area (Å²) < 4.78 is 37.8. The van der Waals surface area contributed by atoms with Gasteiger partial charge in [-0.05, 0) is 12.4 Å². The summed E-state index contributed by atoms with van der Waals surface area (Å²) in [6.45, 7) is -2.57.